The number of fused-ring (bicyclic) bond motifs is 1. The second-order valence-corrected chi connectivity index (χ2v) is 7.53. The van der Waals surface area contributed by atoms with Crippen molar-refractivity contribution in [3.05, 3.63) is 65.7 Å². The lowest BCUT2D eigenvalue weighted by Crippen LogP contribution is -2.46. The third-order valence-corrected chi connectivity index (χ3v) is 5.87. The minimum atomic E-state index is 1.04. The highest BCUT2D eigenvalue weighted by Crippen LogP contribution is 2.36. The predicted octanol–water partition coefficient (Wildman–Crippen LogP) is 4.63. The second-order valence-electron chi connectivity index (χ2n) is 7.53. The van der Waals surface area contributed by atoms with Crippen molar-refractivity contribution in [2.45, 2.75) is 25.7 Å². The molecule has 0 amide bonds. The molecule has 0 unspecified atom stereocenters. The van der Waals surface area contributed by atoms with Crippen LogP contribution in [0.4, 0.5) is 5.69 Å². The molecule has 2 aromatic rings. The molecule has 1 heterocycles. The molecule has 0 N–H and O–H groups in total. The van der Waals surface area contributed by atoms with E-state index >= 15 is 0 Å². The van der Waals surface area contributed by atoms with Gasteiger partial charge >= 0.3 is 0 Å². The lowest BCUT2D eigenvalue weighted by atomic mass is 9.87. The average molecular weight is 363 g/mol. The molecule has 0 atom stereocenters. The van der Waals surface area contributed by atoms with Crippen LogP contribution in [-0.2, 0) is 6.42 Å². The van der Waals surface area contributed by atoms with Crippen molar-refractivity contribution < 1.29 is 4.74 Å². The molecule has 0 bridgehead atoms. The standard InChI is InChI=1S/C24H30N2O/c1-27-23-14-6-10-20-8-5-9-21(24(20)23)11-7-15-25-16-18-26(19-17-25)22-12-3-2-4-13-22/h2-4,6,9-10,12-14H,5,7-8,11,15-19H2,1H3. The monoisotopic (exact) mass is 362 g/mol. The predicted molar refractivity (Wildman–Crippen MR) is 114 cm³/mol. The number of allylic oxidation sites excluding steroid dienone is 2. The summed E-state index contributed by atoms with van der Waals surface area (Å²) < 4.78 is 5.64. The zero-order valence-corrected chi connectivity index (χ0v) is 16.4. The fraction of sp³-hybridized carbons (Fsp3) is 0.417. The molecular weight excluding hydrogens is 332 g/mol. The summed E-state index contributed by atoms with van der Waals surface area (Å²) in [5.41, 5.74) is 5.65. The van der Waals surface area contributed by atoms with Gasteiger partial charge in [0.05, 0.1) is 7.11 Å². The first-order valence-electron chi connectivity index (χ1n) is 10.2. The van der Waals surface area contributed by atoms with Crippen molar-refractivity contribution in [1.82, 2.24) is 4.90 Å². The average Bonchev–Trinajstić information content (AvgIpc) is 2.74. The van der Waals surface area contributed by atoms with Crippen LogP contribution in [0.1, 0.15) is 30.4 Å². The zero-order valence-electron chi connectivity index (χ0n) is 16.4. The molecule has 4 rings (SSSR count). The Morgan fingerprint density at radius 2 is 1.74 bits per heavy atom. The minimum absolute atomic E-state index is 1.04. The minimum Gasteiger partial charge on any atom is -0.496 e. The van der Waals surface area contributed by atoms with E-state index in [0.717, 1.165) is 51.2 Å². The Hall–Kier alpha value is -2.26. The number of aryl methyl sites for hydroxylation is 1. The van der Waals surface area contributed by atoms with Crippen LogP contribution < -0.4 is 9.64 Å². The number of hydrogen-bond acceptors (Lipinski definition) is 3. The third kappa shape index (κ3) is 4.19. The van der Waals surface area contributed by atoms with Gasteiger partial charge in [0.1, 0.15) is 5.75 Å². The van der Waals surface area contributed by atoms with E-state index in [1.165, 1.54) is 35.4 Å². The molecule has 1 fully saturated rings. The van der Waals surface area contributed by atoms with E-state index < -0.39 is 0 Å². The molecule has 2 aliphatic rings. The molecule has 2 aromatic carbocycles. The second kappa shape index (κ2) is 8.62. The maximum absolute atomic E-state index is 5.64. The van der Waals surface area contributed by atoms with Crippen LogP contribution in [0.2, 0.25) is 0 Å². The van der Waals surface area contributed by atoms with Gasteiger partial charge in [0.25, 0.3) is 0 Å². The molecule has 3 nitrogen and oxygen atoms in total. The van der Waals surface area contributed by atoms with E-state index in [4.69, 9.17) is 4.74 Å². The van der Waals surface area contributed by atoms with Gasteiger partial charge in [0.2, 0.25) is 0 Å². The van der Waals surface area contributed by atoms with E-state index in [1.807, 2.05) is 0 Å². The summed E-state index contributed by atoms with van der Waals surface area (Å²) in [5, 5.41) is 0. The highest BCUT2D eigenvalue weighted by atomic mass is 16.5. The summed E-state index contributed by atoms with van der Waals surface area (Å²) in [6, 6.07) is 17.3. The number of benzene rings is 2. The quantitative estimate of drug-likeness (QED) is 0.745. The smallest absolute Gasteiger partial charge is 0.126 e. The van der Waals surface area contributed by atoms with Crippen LogP contribution in [0.3, 0.4) is 0 Å². The fourth-order valence-electron chi connectivity index (χ4n) is 4.41. The molecule has 0 spiro atoms. The van der Waals surface area contributed by atoms with Gasteiger partial charge in [0.15, 0.2) is 0 Å². The van der Waals surface area contributed by atoms with Crippen molar-refractivity contribution in [2.75, 3.05) is 44.7 Å². The van der Waals surface area contributed by atoms with Crippen molar-refractivity contribution in [3.8, 4) is 5.75 Å². The van der Waals surface area contributed by atoms with Crippen LogP contribution in [0, 0.1) is 0 Å². The first-order valence-corrected chi connectivity index (χ1v) is 10.2. The summed E-state index contributed by atoms with van der Waals surface area (Å²) in [4.78, 5) is 5.12. The number of nitrogens with zero attached hydrogens (tertiary/aromatic N) is 2. The molecule has 0 radical (unpaired) electrons. The highest BCUT2D eigenvalue weighted by molar-refractivity contribution is 5.74. The summed E-state index contributed by atoms with van der Waals surface area (Å²) in [7, 11) is 1.79. The number of rotatable bonds is 6. The van der Waals surface area contributed by atoms with Crippen LogP contribution in [-0.4, -0.2) is 44.7 Å². The van der Waals surface area contributed by atoms with Crippen molar-refractivity contribution in [2.24, 2.45) is 0 Å². The molecule has 0 aromatic heterocycles. The first kappa shape index (κ1) is 18.1. The Morgan fingerprint density at radius 1 is 0.926 bits per heavy atom. The third-order valence-electron chi connectivity index (χ3n) is 5.87. The molecule has 3 heteroatoms. The fourth-order valence-corrected chi connectivity index (χ4v) is 4.41. The largest absolute Gasteiger partial charge is 0.496 e. The Kier molecular flexibility index (Phi) is 5.78. The molecule has 1 aliphatic heterocycles. The number of methoxy groups -OCH3 is 1. The van der Waals surface area contributed by atoms with Gasteiger partial charge in [-0.25, -0.2) is 0 Å². The SMILES string of the molecule is COc1cccc2c1C(CCCN1CCN(c3ccccc3)CC1)=CCC2. The van der Waals surface area contributed by atoms with Gasteiger partial charge in [-0.05, 0) is 61.6 Å². The van der Waals surface area contributed by atoms with Gasteiger partial charge in [-0.1, -0.05) is 36.4 Å². The molecule has 27 heavy (non-hydrogen) atoms. The topological polar surface area (TPSA) is 15.7 Å². The van der Waals surface area contributed by atoms with Crippen molar-refractivity contribution in [1.29, 1.82) is 0 Å². The summed E-state index contributed by atoms with van der Waals surface area (Å²) in [5.74, 6) is 1.04. The molecular formula is C24H30N2O. The Morgan fingerprint density at radius 3 is 2.52 bits per heavy atom. The van der Waals surface area contributed by atoms with E-state index in [-0.39, 0.29) is 0 Å². The Labute approximate surface area is 163 Å². The Bertz CT molecular complexity index is 776. The summed E-state index contributed by atoms with van der Waals surface area (Å²) >= 11 is 0. The van der Waals surface area contributed by atoms with Gasteiger partial charge in [-0.3, -0.25) is 4.90 Å². The first-order chi connectivity index (χ1) is 13.3. The summed E-state index contributed by atoms with van der Waals surface area (Å²) in [6.45, 7) is 5.76. The Balaban J connectivity index is 1.29. The number of piperazine rings is 1. The van der Waals surface area contributed by atoms with Gasteiger partial charge in [-0.2, -0.15) is 0 Å². The lowest BCUT2D eigenvalue weighted by Gasteiger charge is -2.36. The van der Waals surface area contributed by atoms with Crippen molar-refractivity contribution in [3.63, 3.8) is 0 Å². The van der Waals surface area contributed by atoms with E-state index in [9.17, 15) is 0 Å². The number of hydrogen-bond donors (Lipinski definition) is 0. The van der Waals surface area contributed by atoms with E-state index in [1.54, 1.807) is 7.11 Å². The molecule has 142 valence electrons. The highest BCUT2D eigenvalue weighted by Gasteiger charge is 2.19. The van der Waals surface area contributed by atoms with Gasteiger partial charge < -0.3 is 9.64 Å². The maximum atomic E-state index is 5.64. The normalized spacial score (nSPS) is 17.4. The van der Waals surface area contributed by atoms with Gasteiger partial charge in [0, 0.05) is 37.4 Å². The van der Waals surface area contributed by atoms with E-state index in [0.29, 0.717) is 0 Å². The maximum Gasteiger partial charge on any atom is 0.126 e. The zero-order chi connectivity index (χ0) is 18.5. The molecule has 0 saturated carbocycles. The van der Waals surface area contributed by atoms with Crippen LogP contribution in [0.5, 0.6) is 5.75 Å². The van der Waals surface area contributed by atoms with Crippen LogP contribution in [0.25, 0.3) is 5.57 Å². The number of ether oxygens (including phenoxy) is 1. The van der Waals surface area contributed by atoms with Gasteiger partial charge in [-0.15, -0.1) is 0 Å². The summed E-state index contributed by atoms with van der Waals surface area (Å²) in [6.07, 6.45) is 7.09. The molecule has 1 aliphatic carbocycles. The lowest BCUT2D eigenvalue weighted by molar-refractivity contribution is 0.256. The van der Waals surface area contributed by atoms with Crippen LogP contribution in [0.15, 0.2) is 54.6 Å². The van der Waals surface area contributed by atoms with Crippen molar-refractivity contribution >= 4 is 11.3 Å². The molecule has 1 saturated heterocycles. The van der Waals surface area contributed by atoms with Crippen LogP contribution >= 0.6 is 0 Å². The number of anilines is 1. The number of para-hydroxylation sites is 1. The van der Waals surface area contributed by atoms with E-state index in [2.05, 4.69) is 64.4 Å².